The highest BCUT2D eigenvalue weighted by atomic mass is 79.9. The SMILES string of the molecule is CNC(C)(C)c1cc(Cl)cc(Br)c1. The molecule has 13 heavy (non-hydrogen) atoms. The molecule has 1 rings (SSSR count). The second kappa shape index (κ2) is 3.99. The summed E-state index contributed by atoms with van der Waals surface area (Å²) in [6, 6.07) is 5.93. The molecule has 0 heterocycles. The van der Waals surface area contributed by atoms with Crippen molar-refractivity contribution in [3.8, 4) is 0 Å². The lowest BCUT2D eigenvalue weighted by Gasteiger charge is -2.25. The average molecular weight is 263 g/mol. The van der Waals surface area contributed by atoms with Crippen molar-refractivity contribution in [2.24, 2.45) is 0 Å². The Balaban J connectivity index is 3.15. The van der Waals surface area contributed by atoms with E-state index in [0.29, 0.717) is 0 Å². The second-order valence-corrected chi connectivity index (χ2v) is 4.89. The molecule has 0 aliphatic rings. The van der Waals surface area contributed by atoms with Gasteiger partial charge in [0.05, 0.1) is 0 Å². The van der Waals surface area contributed by atoms with Crippen LogP contribution in [0.4, 0.5) is 0 Å². The van der Waals surface area contributed by atoms with Crippen LogP contribution in [0.2, 0.25) is 5.02 Å². The molecule has 0 fully saturated rings. The molecule has 72 valence electrons. The third-order valence-corrected chi connectivity index (χ3v) is 2.89. The van der Waals surface area contributed by atoms with E-state index in [0.717, 1.165) is 9.50 Å². The number of hydrogen-bond donors (Lipinski definition) is 1. The molecule has 0 saturated heterocycles. The van der Waals surface area contributed by atoms with Crippen LogP contribution in [0, 0.1) is 0 Å². The normalized spacial score (nSPS) is 11.8. The molecule has 0 radical (unpaired) electrons. The molecule has 0 unspecified atom stereocenters. The van der Waals surface area contributed by atoms with Gasteiger partial charge in [0, 0.05) is 15.0 Å². The number of hydrogen-bond acceptors (Lipinski definition) is 1. The Kier molecular flexibility index (Phi) is 3.38. The lowest BCUT2D eigenvalue weighted by molar-refractivity contribution is 0.444. The van der Waals surface area contributed by atoms with Gasteiger partial charge < -0.3 is 5.32 Å². The van der Waals surface area contributed by atoms with E-state index < -0.39 is 0 Å². The number of benzene rings is 1. The monoisotopic (exact) mass is 261 g/mol. The van der Waals surface area contributed by atoms with Crippen molar-refractivity contribution in [2.75, 3.05) is 7.05 Å². The number of halogens is 2. The Morgan fingerprint density at radius 2 is 1.92 bits per heavy atom. The highest BCUT2D eigenvalue weighted by molar-refractivity contribution is 9.10. The van der Waals surface area contributed by atoms with E-state index in [-0.39, 0.29) is 5.54 Å². The zero-order valence-electron chi connectivity index (χ0n) is 7.99. The van der Waals surface area contributed by atoms with E-state index in [1.54, 1.807) is 0 Å². The Hall–Kier alpha value is -0.0500. The summed E-state index contributed by atoms with van der Waals surface area (Å²) >= 11 is 9.38. The van der Waals surface area contributed by atoms with Crippen molar-refractivity contribution < 1.29 is 0 Å². The van der Waals surface area contributed by atoms with Crippen LogP contribution in [0.1, 0.15) is 19.4 Å². The maximum absolute atomic E-state index is 5.96. The molecule has 1 N–H and O–H groups in total. The van der Waals surface area contributed by atoms with Crippen molar-refractivity contribution in [1.82, 2.24) is 5.32 Å². The van der Waals surface area contributed by atoms with Gasteiger partial charge in [-0.1, -0.05) is 27.5 Å². The summed E-state index contributed by atoms with van der Waals surface area (Å²) in [6.07, 6.45) is 0. The summed E-state index contributed by atoms with van der Waals surface area (Å²) in [6.45, 7) is 4.23. The van der Waals surface area contributed by atoms with Gasteiger partial charge in [0.2, 0.25) is 0 Å². The highest BCUT2D eigenvalue weighted by Gasteiger charge is 2.18. The molecule has 0 atom stereocenters. The van der Waals surface area contributed by atoms with Crippen LogP contribution in [0.15, 0.2) is 22.7 Å². The first kappa shape index (κ1) is 11.0. The van der Waals surface area contributed by atoms with Crippen LogP contribution in [0.5, 0.6) is 0 Å². The second-order valence-electron chi connectivity index (χ2n) is 3.53. The third-order valence-electron chi connectivity index (χ3n) is 2.21. The molecule has 1 aromatic rings. The van der Waals surface area contributed by atoms with Crippen LogP contribution in [0.3, 0.4) is 0 Å². The zero-order valence-corrected chi connectivity index (χ0v) is 10.3. The third kappa shape index (κ3) is 2.70. The van der Waals surface area contributed by atoms with Crippen LogP contribution in [0.25, 0.3) is 0 Å². The minimum atomic E-state index is -0.0482. The fourth-order valence-electron chi connectivity index (χ4n) is 1.06. The van der Waals surface area contributed by atoms with E-state index in [1.165, 1.54) is 5.56 Å². The Morgan fingerprint density at radius 1 is 1.31 bits per heavy atom. The van der Waals surface area contributed by atoms with Crippen molar-refractivity contribution in [1.29, 1.82) is 0 Å². The molecule has 0 aliphatic carbocycles. The van der Waals surface area contributed by atoms with Gasteiger partial charge in [-0.3, -0.25) is 0 Å². The van der Waals surface area contributed by atoms with Gasteiger partial charge in [0.1, 0.15) is 0 Å². The van der Waals surface area contributed by atoms with Crippen molar-refractivity contribution in [2.45, 2.75) is 19.4 Å². The molecular weight excluding hydrogens is 249 g/mol. The van der Waals surface area contributed by atoms with Gasteiger partial charge in [-0.05, 0) is 44.7 Å². The van der Waals surface area contributed by atoms with E-state index in [1.807, 2.05) is 19.2 Å². The molecule has 0 amide bonds. The molecule has 0 aromatic heterocycles. The fraction of sp³-hybridized carbons (Fsp3) is 0.400. The molecule has 0 spiro atoms. The van der Waals surface area contributed by atoms with Crippen molar-refractivity contribution in [3.05, 3.63) is 33.3 Å². The minimum Gasteiger partial charge on any atom is -0.311 e. The lowest BCUT2D eigenvalue weighted by Crippen LogP contribution is -2.33. The molecule has 1 nitrogen and oxygen atoms in total. The van der Waals surface area contributed by atoms with Gasteiger partial charge in [-0.15, -0.1) is 0 Å². The summed E-state index contributed by atoms with van der Waals surface area (Å²) in [7, 11) is 1.94. The predicted octanol–water partition coefficient (Wildman–Crippen LogP) is 3.56. The molecule has 3 heteroatoms. The van der Waals surface area contributed by atoms with Gasteiger partial charge >= 0.3 is 0 Å². The zero-order chi connectivity index (χ0) is 10.1. The van der Waals surface area contributed by atoms with Gasteiger partial charge in [-0.2, -0.15) is 0 Å². The van der Waals surface area contributed by atoms with Gasteiger partial charge in [0.25, 0.3) is 0 Å². The van der Waals surface area contributed by atoms with Crippen LogP contribution in [-0.4, -0.2) is 7.05 Å². The number of rotatable bonds is 2. The highest BCUT2D eigenvalue weighted by Crippen LogP contribution is 2.26. The summed E-state index contributed by atoms with van der Waals surface area (Å²) in [5.74, 6) is 0. The quantitative estimate of drug-likeness (QED) is 0.859. The first-order valence-electron chi connectivity index (χ1n) is 4.11. The van der Waals surface area contributed by atoms with Crippen LogP contribution >= 0.6 is 27.5 Å². The van der Waals surface area contributed by atoms with Crippen molar-refractivity contribution >= 4 is 27.5 Å². The standard InChI is InChI=1S/C10H13BrClN/c1-10(2,13-3)7-4-8(11)6-9(12)5-7/h4-6,13H,1-3H3. The first-order valence-corrected chi connectivity index (χ1v) is 5.28. The van der Waals surface area contributed by atoms with E-state index in [9.17, 15) is 0 Å². The van der Waals surface area contributed by atoms with Gasteiger partial charge in [-0.25, -0.2) is 0 Å². The summed E-state index contributed by atoms with van der Waals surface area (Å²) < 4.78 is 1.01. The summed E-state index contributed by atoms with van der Waals surface area (Å²) in [5, 5.41) is 3.99. The topological polar surface area (TPSA) is 12.0 Å². The van der Waals surface area contributed by atoms with E-state index in [4.69, 9.17) is 11.6 Å². The average Bonchev–Trinajstić information content (AvgIpc) is 2.02. The fourth-order valence-corrected chi connectivity index (χ4v) is 1.92. The maximum Gasteiger partial charge on any atom is 0.0420 e. The lowest BCUT2D eigenvalue weighted by atomic mass is 9.95. The van der Waals surface area contributed by atoms with Crippen LogP contribution < -0.4 is 5.32 Å². The minimum absolute atomic E-state index is 0.0482. The largest absolute Gasteiger partial charge is 0.311 e. The smallest absolute Gasteiger partial charge is 0.0420 e. The molecule has 0 aliphatic heterocycles. The summed E-state index contributed by atoms with van der Waals surface area (Å²) in [5.41, 5.74) is 1.13. The van der Waals surface area contributed by atoms with Crippen molar-refractivity contribution in [3.63, 3.8) is 0 Å². The maximum atomic E-state index is 5.96. The Labute approximate surface area is 92.6 Å². The molecule has 0 saturated carbocycles. The van der Waals surface area contributed by atoms with Crippen LogP contribution in [-0.2, 0) is 5.54 Å². The Bertz CT molecular complexity index is 290. The van der Waals surface area contributed by atoms with E-state index >= 15 is 0 Å². The first-order chi connectivity index (χ1) is 5.95. The Morgan fingerprint density at radius 3 is 2.38 bits per heavy atom. The predicted molar refractivity (Wildman–Crippen MR) is 61.2 cm³/mol. The van der Waals surface area contributed by atoms with E-state index in [2.05, 4.69) is 41.2 Å². The molecular formula is C10H13BrClN. The molecule has 1 aromatic carbocycles. The number of nitrogens with one attached hydrogen (secondary N) is 1. The van der Waals surface area contributed by atoms with Gasteiger partial charge in [0.15, 0.2) is 0 Å². The summed E-state index contributed by atoms with van der Waals surface area (Å²) in [4.78, 5) is 0. The molecule has 0 bridgehead atoms.